The summed E-state index contributed by atoms with van der Waals surface area (Å²) < 4.78 is 39.4. The summed E-state index contributed by atoms with van der Waals surface area (Å²) in [5, 5.41) is 20.3. The molecule has 6 rings (SSSR count). The van der Waals surface area contributed by atoms with Gasteiger partial charge in [-0.05, 0) is 45.3 Å². The average molecular weight is 527 g/mol. The SMILES string of the molecule is O=C(Cn1nnc(-c2cccc(C(F)(F)F)c2)n1)N1N=C(c2ccc3ccccc3c2)C[C@H]1c1ccccc1. The van der Waals surface area contributed by atoms with Crippen LogP contribution in [0.3, 0.4) is 0 Å². The number of carbonyl (C=O) groups excluding carboxylic acids is 1. The third kappa shape index (κ3) is 5.00. The molecule has 5 aromatic rings. The van der Waals surface area contributed by atoms with Crippen LogP contribution in [0.1, 0.15) is 29.2 Å². The summed E-state index contributed by atoms with van der Waals surface area (Å²) in [5.74, 6) is -0.372. The van der Waals surface area contributed by atoms with Crippen LogP contribution in [0.15, 0.2) is 102 Å². The van der Waals surface area contributed by atoms with E-state index in [-0.39, 0.29) is 29.9 Å². The number of amides is 1. The molecule has 1 aromatic heterocycles. The summed E-state index contributed by atoms with van der Waals surface area (Å²) in [7, 11) is 0. The lowest BCUT2D eigenvalue weighted by atomic mass is 9.97. The predicted octanol–water partition coefficient (Wildman–Crippen LogP) is 5.89. The number of aromatic nitrogens is 4. The quantitative estimate of drug-likeness (QED) is 0.286. The van der Waals surface area contributed by atoms with Gasteiger partial charge >= 0.3 is 6.18 Å². The highest BCUT2D eigenvalue weighted by Crippen LogP contribution is 2.34. The minimum Gasteiger partial charge on any atom is -0.271 e. The molecule has 0 spiro atoms. The molecular weight excluding hydrogens is 505 g/mol. The van der Waals surface area contributed by atoms with Gasteiger partial charge in [0, 0.05) is 12.0 Å². The van der Waals surface area contributed by atoms with E-state index in [2.05, 4.69) is 21.5 Å². The molecule has 1 aliphatic heterocycles. The smallest absolute Gasteiger partial charge is 0.271 e. The van der Waals surface area contributed by atoms with Crippen molar-refractivity contribution in [3.05, 3.63) is 114 Å². The van der Waals surface area contributed by atoms with Gasteiger partial charge in [-0.1, -0.05) is 78.9 Å². The fourth-order valence-corrected chi connectivity index (χ4v) is 4.67. The lowest BCUT2D eigenvalue weighted by Crippen LogP contribution is -2.31. The molecule has 1 aliphatic rings. The molecule has 0 saturated heterocycles. The van der Waals surface area contributed by atoms with Crippen LogP contribution in [0.5, 0.6) is 0 Å². The summed E-state index contributed by atoms with van der Waals surface area (Å²) in [4.78, 5) is 14.5. The number of hydrogen-bond donors (Lipinski definition) is 0. The van der Waals surface area contributed by atoms with Crippen molar-refractivity contribution in [1.82, 2.24) is 25.2 Å². The lowest BCUT2D eigenvalue weighted by Gasteiger charge is -2.21. The van der Waals surface area contributed by atoms with Crippen LogP contribution in [0, 0.1) is 0 Å². The summed E-state index contributed by atoms with van der Waals surface area (Å²) >= 11 is 0. The normalized spacial score (nSPS) is 15.5. The van der Waals surface area contributed by atoms with Gasteiger partial charge in [-0.2, -0.15) is 23.1 Å². The maximum Gasteiger partial charge on any atom is 0.416 e. The first-order valence-corrected chi connectivity index (χ1v) is 12.2. The highest BCUT2D eigenvalue weighted by atomic mass is 19.4. The number of halogens is 3. The first-order valence-electron chi connectivity index (χ1n) is 12.2. The lowest BCUT2D eigenvalue weighted by molar-refractivity contribution is -0.137. The fourth-order valence-electron chi connectivity index (χ4n) is 4.67. The number of tetrazole rings is 1. The number of benzene rings is 4. The Morgan fingerprint density at radius 3 is 2.41 bits per heavy atom. The van der Waals surface area contributed by atoms with Gasteiger partial charge in [0.15, 0.2) is 0 Å². The van der Waals surface area contributed by atoms with Crippen molar-refractivity contribution in [2.75, 3.05) is 0 Å². The van der Waals surface area contributed by atoms with Crippen LogP contribution < -0.4 is 0 Å². The standard InChI is InChI=1S/C29H21F3N6O/c30-29(31,32)24-12-6-11-23(16-24)28-33-36-37(35-28)18-27(39)38-26(20-8-2-1-3-9-20)17-25(34-38)22-14-13-19-7-4-5-10-21(19)15-22/h1-16,26H,17-18H2/t26-/m0/s1. The van der Waals surface area contributed by atoms with E-state index in [1.54, 1.807) is 0 Å². The first kappa shape index (κ1) is 24.5. The van der Waals surface area contributed by atoms with Crippen LogP contribution in [0.2, 0.25) is 0 Å². The van der Waals surface area contributed by atoms with Crippen LogP contribution in [0.4, 0.5) is 13.2 Å². The van der Waals surface area contributed by atoms with E-state index in [1.165, 1.54) is 17.1 Å². The molecular formula is C29H21F3N6O. The molecule has 1 amide bonds. The molecule has 0 fully saturated rings. The highest BCUT2D eigenvalue weighted by Gasteiger charge is 2.34. The summed E-state index contributed by atoms with van der Waals surface area (Å²) in [5.41, 5.74) is 1.98. The van der Waals surface area contributed by atoms with Crippen molar-refractivity contribution in [2.24, 2.45) is 5.10 Å². The van der Waals surface area contributed by atoms with Crippen LogP contribution >= 0.6 is 0 Å². The second-order valence-electron chi connectivity index (χ2n) is 9.20. The first-order chi connectivity index (χ1) is 18.8. The molecule has 4 aromatic carbocycles. The van der Waals surface area contributed by atoms with Gasteiger partial charge < -0.3 is 0 Å². The van der Waals surface area contributed by atoms with E-state index in [0.29, 0.717) is 6.42 Å². The third-order valence-corrected chi connectivity index (χ3v) is 6.61. The van der Waals surface area contributed by atoms with Gasteiger partial charge in [0.2, 0.25) is 5.82 Å². The molecule has 0 aliphatic carbocycles. The van der Waals surface area contributed by atoms with Crippen LogP contribution in [-0.2, 0) is 17.5 Å². The zero-order chi connectivity index (χ0) is 27.0. The minimum absolute atomic E-state index is 0.00437. The second kappa shape index (κ2) is 9.79. The zero-order valence-corrected chi connectivity index (χ0v) is 20.5. The van der Waals surface area contributed by atoms with Gasteiger partial charge in [0.05, 0.1) is 17.3 Å². The number of alkyl halides is 3. The molecule has 10 heteroatoms. The molecule has 1 atom stereocenters. The fraction of sp³-hybridized carbons (Fsp3) is 0.138. The van der Waals surface area contributed by atoms with Crippen molar-refractivity contribution >= 4 is 22.4 Å². The van der Waals surface area contributed by atoms with Gasteiger partial charge in [-0.3, -0.25) is 4.79 Å². The largest absolute Gasteiger partial charge is 0.416 e. The molecule has 0 bridgehead atoms. The topological polar surface area (TPSA) is 76.3 Å². The Labute approximate surface area is 221 Å². The van der Waals surface area contributed by atoms with E-state index in [4.69, 9.17) is 5.10 Å². The summed E-state index contributed by atoms with van der Waals surface area (Å²) in [6.07, 6.45) is -3.97. The van der Waals surface area contributed by atoms with Crippen LogP contribution in [0.25, 0.3) is 22.2 Å². The monoisotopic (exact) mass is 526 g/mol. The maximum atomic E-state index is 13.5. The van der Waals surface area contributed by atoms with Crippen LogP contribution in [-0.4, -0.2) is 36.8 Å². The zero-order valence-electron chi connectivity index (χ0n) is 20.5. The Balaban J connectivity index is 1.28. The number of carbonyl (C=O) groups is 1. The van der Waals surface area contributed by atoms with E-state index in [9.17, 15) is 18.0 Å². The molecule has 39 heavy (non-hydrogen) atoms. The minimum atomic E-state index is -4.50. The van der Waals surface area contributed by atoms with Crippen molar-refractivity contribution in [2.45, 2.75) is 25.2 Å². The Morgan fingerprint density at radius 2 is 1.62 bits per heavy atom. The Bertz CT molecular complexity index is 1700. The average Bonchev–Trinajstić information content (AvgIpc) is 3.61. The van der Waals surface area contributed by atoms with E-state index in [1.807, 2.05) is 66.7 Å². The number of rotatable bonds is 5. The number of fused-ring (bicyclic) bond motifs is 1. The number of nitrogens with zero attached hydrogens (tertiary/aromatic N) is 6. The van der Waals surface area contributed by atoms with E-state index >= 15 is 0 Å². The molecule has 7 nitrogen and oxygen atoms in total. The highest BCUT2D eigenvalue weighted by molar-refractivity contribution is 6.05. The van der Waals surface area contributed by atoms with Gasteiger partial charge in [-0.25, -0.2) is 5.01 Å². The Hall–Kier alpha value is -4.86. The summed E-state index contributed by atoms with van der Waals surface area (Å²) in [6, 6.07) is 28.1. The van der Waals surface area contributed by atoms with Gasteiger partial charge in [0.1, 0.15) is 6.54 Å². The molecule has 0 saturated carbocycles. The molecule has 0 N–H and O–H groups in total. The van der Waals surface area contributed by atoms with Gasteiger partial charge in [0.25, 0.3) is 5.91 Å². The van der Waals surface area contributed by atoms with Crippen molar-refractivity contribution < 1.29 is 18.0 Å². The summed E-state index contributed by atoms with van der Waals surface area (Å²) in [6.45, 7) is -0.274. The Morgan fingerprint density at radius 1 is 0.846 bits per heavy atom. The van der Waals surface area contributed by atoms with Gasteiger partial charge in [-0.15, -0.1) is 10.2 Å². The van der Waals surface area contributed by atoms with Crippen molar-refractivity contribution in [3.63, 3.8) is 0 Å². The Kier molecular flexibility index (Phi) is 6.14. The number of hydrogen-bond acceptors (Lipinski definition) is 5. The molecule has 0 radical (unpaired) electrons. The predicted molar refractivity (Wildman–Crippen MR) is 139 cm³/mol. The molecule has 2 heterocycles. The third-order valence-electron chi connectivity index (χ3n) is 6.61. The maximum absolute atomic E-state index is 13.5. The molecule has 194 valence electrons. The number of hydrazone groups is 1. The van der Waals surface area contributed by atoms with E-state index < -0.39 is 11.7 Å². The van der Waals surface area contributed by atoms with Crippen molar-refractivity contribution in [3.8, 4) is 11.4 Å². The van der Waals surface area contributed by atoms with Crippen molar-refractivity contribution in [1.29, 1.82) is 0 Å². The molecule has 0 unspecified atom stereocenters. The van der Waals surface area contributed by atoms with E-state index in [0.717, 1.165) is 44.5 Å². The second-order valence-corrected chi connectivity index (χ2v) is 9.20.